The minimum atomic E-state index is -0.606. The van der Waals surface area contributed by atoms with Gasteiger partial charge in [-0.25, -0.2) is 4.79 Å². The predicted molar refractivity (Wildman–Crippen MR) is 48.4 cm³/mol. The van der Waals surface area contributed by atoms with Crippen LogP contribution in [0.4, 0.5) is 0 Å². The lowest BCUT2D eigenvalue weighted by Gasteiger charge is -2.18. The van der Waals surface area contributed by atoms with E-state index in [4.69, 9.17) is 9.15 Å². The van der Waals surface area contributed by atoms with E-state index in [1.807, 2.05) is 0 Å². The Balaban J connectivity index is 2.08. The summed E-state index contributed by atoms with van der Waals surface area (Å²) in [5.74, 6) is -0.150. The van der Waals surface area contributed by atoms with Gasteiger partial charge in [-0.2, -0.15) is 0 Å². The molecule has 0 radical (unpaired) electrons. The number of ether oxygens (including phenoxy) is 2. The minimum absolute atomic E-state index is 0.0990. The Morgan fingerprint density at radius 1 is 1.53 bits per heavy atom. The zero-order valence-electron chi connectivity index (χ0n) is 8.43. The number of nitrogens with zero attached hydrogens (tertiary/aromatic N) is 2. The van der Waals surface area contributed by atoms with E-state index >= 15 is 0 Å². The lowest BCUT2D eigenvalue weighted by atomic mass is 10.0. The molecule has 1 aliphatic rings. The van der Waals surface area contributed by atoms with Gasteiger partial charge in [-0.3, -0.25) is 0 Å². The van der Waals surface area contributed by atoms with E-state index < -0.39 is 5.97 Å². The van der Waals surface area contributed by atoms with Gasteiger partial charge in [0.25, 0.3) is 0 Å². The highest BCUT2D eigenvalue weighted by Gasteiger charge is 2.24. The molecule has 1 fully saturated rings. The van der Waals surface area contributed by atoms with Crippen molar-refractivity contribution in [2.75, 3.05) is 20.3 Å². The van der Waals surface area contributed by atoms with Gasteiger partial charge >= 0.3 is 11.9 Å². The standard InChI is InChI=1S/C9H12N2O4/c1-13-9(12)8-11-10-7(15-8)6-3-2-4-14-5-6/h6H,2-5H2,1H3. The first-order chi connectivity index (χ1) is 7.31. The summed E-state index contributed by atoms with van der Waals surface area (Å²) in [6.07, 6.45) is 1.92. The third kappa shape index (κ3) is 2.15. The third-order valence-electron chi connectivity index (χ3n) is 2.31. The van der Waals surface area contributed by atoms with E-state index in [2.05, 4.69) is 14.9 Å². The van der Waals surface area contributed by atoms with Crippen LogP contribution in [0, 0.1) is 0 Å². The first-order valence-electron chi connectivity index (χ1n) is 4.80. The number of carbonyl (C=O) groups excluding carboxylic acids is 1. The van der Waals surface area contributed by atoms with E-state index in [-0.39, 0.29) is 11.8 Å². The third-order valence-corrected chi connectivity index (χ3v) is 2.31. The van der Waals surface area contributed by atoms with E-state index in [1.54, 1.807) is 0 Å². The fourth-order valence-electron chi connectivity index (χ4n) is 1.50. The SMILES string of the molecule is COC(=O)c1nnc(C2CCCOC2)o1. The number of hydrogen-bond acceptors (Lipinski definition) is 6. The van der Waals surface area contributed by atoms with Crippen molar-refractivity contribution in [2.24, 2.45) is 0 Å². The molecule has 15 heavy (non-hydrogen) atoms. The van der Waals surface area contributed by atoms with Crippen molar-refractivity contribution in [2.45, 2.75) is 18.8 Å². The van der Waals surface area contributed by atoms with Crippen molar-refractivity contribution in [1.29, 1.82) is 0 Å². The molecule has 2 heterocycles. The predicted octanol–water partition coefficient (Wildman–Crippen LogP) is 0.750. The van der Waals surface area contributed by atoms with Gasteiger partial charge < -0.3 is 13.9 Å². The molecule has 0 N–H and O–H groups in total. The Labute approximate surface area is 86.6 Å². The molecule has 1 unspecified atom stereocenters. The second-order valence-electron chi connectivity index (χ2n) is 3.35. The number of rotatable bonds is 2. The number of methoxy groups -OCH3 is 1. The molecule has 6 nitrogen and oxygen atoms in total. The number of hydrogen-bond donors (Lipinski definition) is 0. The Morgan fingerprint density at radius 3 is 3.07 bits per heavy atom. The van der Waals surface area contributed by atoms with Gasteiger partial charge in [0, 0.05) is 6.61 Å². The van der Waals surface area contributed by atoms with Crippen LogP contribution in [0.25, 0.3) is 0 Å². The highest BCUT2D eigenvalue weighted by Crippen LogP contribution is 2.24. The quantitative estimate of drug-likeness (QED) is 0.673. The van der Waals surface area contributed by atoms with Gasteiger partial charge in [-0.1, -0.05) is 0 Å². The molecule has 0 saturated carbocycles. The highest BCUT2D eigenvalue weighted by atomic mass is 16.5. The minimum Gasteiger partial charge on any atom is -0.462 e. The molecule has 1 aromatic rings. The summed E-state index contributed by atoms with van der Waals surface area (Å²) < 4.78 is 15.0. The van der Waals surface area contributed by atoms with E-state index in [0.29, 0.717) is 12.5 Å². The topological polar surface area (TPSA) is 74.5 Å². The maximum Gasteiger partial charge on any atom is 0.396 e. The lowest BCUT2D eigenvalue weighted by Crippen LogP contribution is -2.15. The molecule has 0 aliphatic carbocycles. The summed E-state index contributed by atoms with van der Waals surface area (Å²) in [4.78, 5) is 11.1. The molecule has 1 aliphatic heterocycles. The van der Waals surface area contributed by atoms with Gasteiger partial charge in [0.05, 0.1) is 19.6 Å². The van der Waals surface area contributed by atoms with Crippen molar-refractivity contribution in [3.8, 4) is 0 Å². The molecule has 0 aromatic carbocycles. The lowest BCUT2D eigenvalue weighted by molar-refractivity contribution is 0.0537. The summed E-state index contributed by atoms with van der Waals surface area (Å²) in [7, 11) is 1.27. The van der Waals surface area contributed by atoms with E-state index in [0.717, 1.165) is 19.4 Å². The largest absolute Gasteiger partial charge is 0.462 e. The van der Waals surface area contributed by atoms with Crippen LogP contribution >= 0.6 is 0 Å². The van der Waals surface area contributed by atoms with Gasteiger partial charge in [0.1, 0.15) is 0 Å². The summed E-state index contributed by atoms with van der Waals surface area (Å²) >= 11 is 0. The van der Waals surface area contributed by atoms with Crippen molar-refractivity contribution >= 4 is 5.97 Å². The molecule has 0 bridgehead atoms. The summed E-state index contributed by atoms with van der Waals surface area (Å²) in [5.41, 5.74) is 0. The summed E-state index contributed by atoms with van der Waals surface area (Å²) in [6.45, 7) is 1.34. The van der Waals surface area contributed by atoms with Crippen LogP contribution in [-0.2, 0) is 9.47 Å². The first-order valence-corrected chi connectivity index (χ1v) is 4.80. The average Bonchev–Trinajstić information content (AvgIpc) is 2.78. The molecule has 1 atom stereocenters. The summed E-state index contributed by atoms with van der Waals surface area (Å²) in [6, 6.07) is 0. The normalized spacial score (nSPS) is 21.3. The molecule has 1 aromatic heterocycles. The fourth-order valence-corrected chi connectivity index (χ4v) is 1.50. The zero-order valence-corrected chi connectivity index (χ0v) is 8.43. The maximum atomic E-state index is 11.1. The summed E-state index contributed by atoms with van der Waals surface area (Å²) in [5, 5.41) is 7.43. The molecular formula is C9H12N2O4. The Morgan fingerprint density at radius 2 is 2.40 bits per heavy atom. The van der Waals surface area contributed by atoms with Crippen LogP contribution in [0.15, 0.2) is 4.42 Å². The van der Waals surface area contributed by atoms with Crippen molar-refractivity contribution in [3.05, 3.63) is 11.8 Å². The highest BCUT2D eigenvalue weighted by molar-refractivity contribution is 5.83. The number of esters is 1. The maximum absolute atomic E-state index is 11.1. The molecular weight excluding hydrogens is 200 g/mol. The van der Waals surface area contributed by atoms with E-state index in [1.165, 1.54) is 7.11 Å². The van der Waals surface area contributed by atoms with Gasteiger partial charge in [-0.15, -0.1) is 10.2 Å². The molecule has 0 amide bonds. The first kappa shape index (κ1) is 10.1. The van der Waals surface area contributed by atoms with Crippen LogP contribution in [0.2, 0.25) is 0 Å². The van der Waals surface area contributed by atoms with Crippen molar-refractivity contribution in [3.63, 3.8) is 0 Å². The van der Waals surface area contributed by atoms with Gasteiger partial charge in [0.2, 0.25) is 5.89 Å². The number of carbonyl (C=O) groups is 1. The van der Waals surface area contributed by atoms with Gasteiger partial charge in [-0.05, 0) is 12.8 Å². The molecule has 0 spiro atoms. The van der Waals surface area contributed by atoms with Crippen LogP contribution in [-0.4, -0.2) is 36.5 Å². The molecule has 1 saturated heterocycles. The second kappa shape index (κ2) is 4.39. The van der Waals surface area contributed by atoms with Crippen molar-refractivity contribution in [1.82, 2.24) is 10.2 Å². The Kier molecular flexibility index (Phi) is 2.96. The van der Waals surface area contributed by atoms with Crippen LogP contribution in [0.3, 0.4) is 0 Å². The molecule has 82 valence electrons. The van der Waals surface area contributed by atoms with Gasteiger partial charge in [0.15, 0.2) is 0 Å². The number of aromatic nitrogens is 2. The van der Waals surface area contributed by atoms with Crippen LogP contribution in [0.5, 0.6) is 0 Å². The molecule has 6 heteroatoms. The van der Waals surface area contributed by atoms with Crippen LogP contribution < -0.4 is 0 Å². The zero-order chi connectivity index (χ0) is 10.7. The monoisotopic (exact) mass is 212 g/mol. The fraction of sp³-hybridized carbons (Fsp3) is 0.667. The van der Waals surface area contributed by atoms with Crippen molar-refractivity contribution < 1.29 is 18.7 Å². The van der Waals surface area contributed by atoms with E-state index in [9.17, 15) is 4.79 Å². The van der Waals surface area contributed by atoms with Crippen LogP contribution in [0.1, 0.15) is 35.3 Å². The second-order valence-corrected chi connectivity index (χ2v) is 3.35. The average molecular weight is 212 g/mol. The Bertz CT molecular complexity index is 344. The Hall–Kier alpha value is -1.43. The molecule has 2 rings (SSSR count). The smallest absolute Gasteiger partial charge is 0.396 e.